The lowest BCUT2D eigenvalue weighted by Gasteiger charge is -2.27. The number of nitrogens with zero attached hydrogens (tertiary/aromatic N) is 4. The van der Waals surface area contributed by atoms with Crippen molar-refractivity contribution in [1.29, 1.82) is 0 Å². The van der Waals surface area contributed by atoms with E-state index < -0.39 is 0 Å². The molecule has 0 saturated heterocycles. The standard InChI is InChI=1S/C53H34N4O/c1-4-14-35(15-5-1)37-26-29-44(30-27-37)57(43-21-8-3-9-22-43)49-45-23-13-12-20-40(45)33-47-46-31-28-42(34-48(46)58-50(47)49)53-55-51(38-17-6-2-7-18-38)54-52(56-53)41-25-24-36-16-10-11-19-39(36)32-41/h1-34H. The van der Waals surface area contributed by atoms with Crippen LogP contribution >= 0.6 is 0 Å². The van der Waals surface area contributed by atoms with Crippen molar-refractivity contribution in [2.24, 2.45) is 0 Å². The van der Waals surface area contributed by atoms with Crippen LogP contribution < -0.4 is 4.90 Å². The van der Waals surface area contributed by atoms with Gasteiger partial charge in [-0.1, -0.05) is 158 Å². The lowest BCUT2D eigenvalue weighted by molar-refractivity contribution is 0.669. The Morgan fingerprint density at radius 1 is 0.328 bits per heavy atom. The van der Waals surface area contributed by atoms with Gasteiger partial charge in [-0.3, -0.25) is 0 Å². The molecule has 2 heterocycles. The predicted octanol–water partition coefficient (Wildman–Crippen LogP) is 14.2. The van der Waals surface area contributed by atoms with Gasteiger partial charge in [-0.05, 0) is 75.8 Å². The van der Waals surface area contributed by atoms with Crippen LogP contribution in [0.5, 0.6) is 0 Å². The van der Waals surface area contributed by atoms with Crippen LogP contribution in [0, 0.1) is 0 Å². The van der Waals surface area contributed by atoms with Gasteiger partial charge in [0.2, 0.25) is 0 Å². The summed E-state index contributed by atoms with van der Waals surface area (Å²) in [6.45, 7) is 0. The van der Waals surface area contributed by atoms with Gasteiger partial charge < -0.3 is 9.32 Å². The summed E-state index contributed by atoms with van der Waals surface area (Å²) in [6.07, 6.45) is 0. The SMILES string of the molecule is c1ccc(-c2ccc(N(c3ccccc3)c3c4ccccc4cc4c3oc3cc(-c5nc(-c6ccccc6)nc(-c6ccc7ccccc7c6)n5)ccc34)cc2)cc1. The molecule has 5 heteroatoms. The Bertz CT molecular complexity index is 3270. The molecule has 2 aromatic heterocycles. The number of hydrogen-bond acceptors (Lipinski definition) is 5. The van der Waals surface area contributed by atoms with E-state index in [1.807, 2.05) is 36.4 Å². The first kappa shape index (κ1) is 33.4. The molecule has 0 saturated carbocycles. The minimum atomic E-state index is 0.578. The molecule has 0 aliphatic carbocycles. The Hall–Kier alpha value is -7.89. The monoisotopic (exact) mass is 742 g/mol. The highest BCUT2D eigenvalue weighted by Gasteiger charge is 2.23. The number of aromatic nitrogens is 3. The third-order valence-corrected chi connectivity index (χ3v) is 10.9. The van der Waals surface area contributed by atoms with Crippen LogP contribution in [0.25, 0.3) is 88.8 Å². The summed E-state index contributed by atoms with van der Waals surface area (Å²) in [5.74, 6) is 1.81. The molecule has 0 N–H and O–H groups in total. The number of anilines is 3. The number of para-hydroxylation sites is 1. The quantitative estimate of drug-likeness (QED) is 0.163. The molecular formula is C53H34N4O. The van der Waals surface area contributed by atoms with Crippen LogP contribution in [0.4, 0.5) is 17.1 Å². The van der Waals surface area contributed by atoms with Crippen LogP contribution in [-0.4, -0.2) is 15.0 Å². The van der Waals surface area contributed by atoms with E-state index in [1.54, 1.807) is 0 Å². The number of hydrogen-bond donors (Lipinski definition) is 0. The summed E-state index contributed by atoms with van der Waals surface area (Å²) in [7, 11) is 0. The normalized spacial score (nSPS) is 11.4. The Morgan fingerprint density at radius 3 is 1.57 bits per heavy atom. The van der Waals surface area contributed by atoms with E-state index in [-0.39, 0.29) is 0 Å². The van der Waals surface area contributed by atoms with Gasteiger partial charge in [0.1, 0.15) is 5.58 Å². The van der Waals surface area contributed by atoms with Crippen molar-refractivity contribution >= 4 is 60.5 Å². The van der Waals surface area contributed by atoms with Crippen LogP contribution in [0.2, 0.25) is 0 Å². The molecule has 0 spiro atoms. The average Bonchev–Trinajstić information content (AvgIpc) is 3.67. The fraction of sp³-hybridized carbons (Fsp3) is 0. The first-order valence-corrected chi connectivity index (χ1v) is 19.4. The zero-order valence-corrected chi connectivity index (χ0v) is 31.3. The second-order valence-corrected chi connectivity index (χ2v) is 14.5. The van der Waals surface area contributed by atoms with Gasteiger partial charge in [0.25, 0.3) is 0 Å². The van der Waals surface area contributed by atoms with Crippen LogP contribution in [0.1, 0.15) is 0 Å². The van der Waals surface area contributed by atoms with Gasteiger partial charge in [-0.15, -0.1) is 0 Å². The molecule has 0 aliphatic heterocycles. The van der Waals surface area contributed by atoms with E-state index in [2.05, 4.69) is 175 Å². The van der Waals surface area contributed by atoms with Crippen molar-refractivity contribution in [3.63, 3.8) is 0 Å². The largest absolute Gasteiger partial charge is 0.454 e. The fourth-order valence-electron chi connectivity index (χ4n) is 8.01. The van der Waals surface area contributed by atoms with Crippen LogP contribution in [-0.2, 0) is 0 Å². The zero-order chi connectivity index (χ0) is 38.4. The Balaban J connectivity index is 1.10. The maximum atomic E-state index is 7.04. The number of rotatable bonds is 7. The van der Waals surface area contributed by atoms with Crippen molar-refractivity contribution in [2.45, 2.75) is 0 Å². The van der Waals surface area contributed by atoms with E-state index in [4.69, 9.17) is 19.4 Å². The third kappa shape index (κ3) is 5.94. The molecule has 58 heavy (non-hydrogen) atoms. The highest BCUT2D eigenvalue weighted by atomic mass is 16.3. The van der Waals surface area contributed by atoms with Gasteiger partial charge in [0.05, 0.1) is 5.69 Å². The second kappa shape index (κ2) is 14.0. The zero-order valence-electron chi connectivity index (χ0n) is 31.3. The Morgan fingerprint density at radius 2 is 0.845 bits per heavy atom. The molecule has 0 aliphatic rings. The molecule has 5 nitrogen and oxygen atoms in total. The summed E-state index contributed by atoms with van der Waals surface area (Å²) in [5.41, 5.74) is 9.65. The minimum Gasteiger partial charge on any atom is -0.454 e. The highest BCUT2D eigenvalue weighted by molar-refractivity contribution is 6.19. The van der Waals surface area contributed by atoms with Gasteiger partial charge in [-0.25, -0.2) is 15.0 Å². The summed E-state index contributed by atoms with van der Waals surface area (Å²) < 4.78 is 7.04. The van der Waals surface area contributed by atoms with Crippen molar-refractivity contribution in [1.82, 2.24) is 15.0 Å². The van der Waals surface area contributed by atoms with Crippen molar-refractivity contribution in [2.75, 3.05) is 4.90 Å². The minimum absolute atomic E-state index is 0.578. The van der Waals surface area contributed by atoms with Gasteiger partial charge in [0.15, 0.2) is 23.1 Å². The summed E-state index contributed by atoms with van der Waals surface area (Å²) in [5, 5.41) is 6.58. The summed E-state index contributed by atoms with van der Waals surface area (Å²) in [6, 6.07) is 71.6. The molecule has 0 bridgehead atoms. The second-order valence-electron chi connectivity index (χ2n) is 14.5. The van der Waals surface area contributed by atoms with E-state index >= 15 is 0 Å². The van der Waals surface area contributed by atoms with Crippen molar-refractivity contribution in [3.05, 3.63) is 206 Å². The number of fused-ring (bicyclic) bond motifs is 5. The Labute approximate surface area is 335 Å². The fourth-order valence-corrected chi connectivity index (χ4v) is 8.01. The smallest absolute Gasteiger partial charge is 0.164 e. The first-order chi connectivity index (χ1) is 28.7. The lowest BCUT2D eigenvalue weighted by Crippen LogP contribution is -2.10. The van der Waals surface area contributed by atoms with Crippen molar-refractivity contribution in [3.8, 4) is 45.3 Å². The summed E-state index contributed by atoms with van der Waals surface area (Å²) in [4.78, 5) is 17.5. The topological polar surface area (TPSA) is 55.1 Å². The molecule has 272 valence electrons. The molecule has 0 amide bonds. The van der Waals surface area contributed by atoms with E-state index in [0.29, 0.717) is 17.5 Å². The molecule has 11 rings (SSSR count). The molecule has 0 fully saturated rings. The Kier molecular flexibility index (Phi) is 8.07. The van der Waals surface area contributed by atoms with E-state index in [9.17, 15) is 0 Å². The molecule has 0 atom stereocenters. The molecule has 0 unspecified atom stereocenters. The summed E-state index contributed by atoms with van der Waals surface area (Å²) >= 11 is 0. The van der Waals surface area contributed by atoms with Gasteiger partial charge >= 0.3 is 0 Å². The van der Waals surface area contributed by atoms with E-state index in [0.717, 1.165) is 77.4 Å². The van der Waals surface area contributed by atoms with Crippen LogP contribution in [0.15, 0.2) is 211 Å². The number of benzene rings is 9. The molecule has 0 radical (unpaired) electrons. The lowest BCUT2D eigenvalue weighted by atomic mass is 10.0. The third-order valence-electron chi connectivity index (χ3n) is 10.9. The molecular weight excluding hydrogens is 709 g/mol. The van der Waals surface area contributed by atoms with Gasteiger partial charge in [0, 0.05) is 44.2 Å². The van der Waals surface area contributed by atoms with Gasteiger partial charge in [-0.2, -0.15) is 0 Å². The molecule has 11 aromatic rings. The first-order valence-electron chi connectivity index (χ1n) is 19.4. The maximum absolute atomic E-state index is 7.04. The molecule has 9 aromatic carbocycles. The average molecular weight is 743 g/mol. The highest BCUT2D eigenvalue weighted by Crippen LogP contribution is 2.47. The number of furan rings is 1. The van der Waals surface area contributed by atoms with Crippen molar-refractivity contribution < 1.29 is 4.42 Å². The predicted molar refractivity (Wildman–Crippen MR) is 239 cm³/mol. The van der Waals surface area contributed by atoms with E-state index in [1.165, 1.54) is 10.9 Å². The maximum Gasteiger partial charge on any atom is 0.164 e. The van der Waals surface area contributed by atoms with Crippen LogP contribution in [0.3, 0.4) is 0 Å².